The monoisotopic (exact) mass is 250 g/mol. The summed E-state index contributed by atoms with van der Waals surface area (Å²) in [7, 11) is 0. The van der Waals surface area contributed by atoms with Gasteiger partial charge in [0.2, 0.25) is 0 Å². The third kappa shape index (κ3) is 5.95. The van der Waals surface area contributed by atoms with E-state index >= 15 is 0 Å². The van der Waals surface area contributed by atoms with E-state index in [1.165, 1.54) is 44.2 Å². The first-order valence-electron chi connectivity index (χ1n) is 7.03. The number of Topliss-reactive ketones (excluding diaryl/α,β-unsaturated/α-hetero) is 1. The Morgan fingerprint density at radius 2 is 1.72 bits per heavy atom. The number of carbonyl (C=O) groups is 1. The molecule has 0 aliphatic rings. The van der Waals surface area contributed by atoms with E-state index in [-0.39, 0.29) is 11.6 Å². The zero-order chi connectivity index (χ0) is 13.2. The fourth-order valence-corrected chi connectivity index (χ4v) is 2.05. The fraction of sp³-hybridized carbons (Fsp3) is 0.562. The van der Waals surface area contributed by atoms with E-state index in [0.717, 1.165) is 12.8 Å². The molecular weight excluding hydrogens is 227 g/mol. The molecule has 0 amide bonds. The first-order valence-corrected chi connectivity index (χ1v) is 7.03. The molecule has 1 aromatic rings. The van der Waals surface area contributed by atoms with Crippen LogP contribution in [0.15, 0.2) is 24.3 Å². The predicted octanol–water partition coefficient (Wildman–Crippen LogP) is 5.15. The third-order valence-corrected chi connectivity index (χ3v) is 3.15. The van der Waals surface area contributed by atoms with Gasteiger partial charge in [0.1, 0.15) is 5.82 Å². The summed E-state index contributed by atoms with van der Waals surface area (Å²) in [5, 5.41) is 0. The third-order valence-electron chi connectivity index (χ3n) is 3.15. The molecule has 0 aliphatic heterocycles. The molecule has 0 saturated carbocycles. The SMILES string of the molecule is CCCCCCCCCC(=O)c1cccc(F)c1. The molecule has 0 N–H and O–H groups in total. The van der Waals surface area contributed by atoms with Crippen LogP contribution in [-0.4, -0.2) is 5.78 Å². The van der Waals surface area contributed by atoms with Crippen molar-refractivity contribution in [3.05, 3.63) is 35.6 Å². The summed E-state index contributed by atoms with van der Waals surface area (Å²) >= 11 is 0. The van der Waals surface area contributed by atoms with Crippen molar-refractivity contribution in [3.8, 4) is 0 Å². The van der Waals surface area contributed by atoms with Crippen LogP contribution in [0.25, 0.3) is 0 Å². The molecule has 0 atom stereocenters. The van der Waals surface area contributed by atoms with E-state index in [4.69, 9.17) is 0 Å². The molecule has 1 aromatic carbocycles. The van der Waals surface area contributed by atoms with Gasteiger partial charge in [0.05, 0.1) is 0 Å². The Balaban J connectivity index is 2.14. The number of hydrogen-bond acceptors (Lipinski definition) is 1. The number of carbonyl (C=O) groups excluding carboxylic acids is 1. The van der Waals surface area contributed by atoms with Gasteiger partial charge < -0.3 is 0 Å². The average Bonchev–Trinajstić information content (AvgIpc) is 2.37. The largest absolute Gasteiger partial charge is 0.294 e. The highest BCUT2D eigenvalue weighted by Gasteiger charge is 2.05. The van der Waals surface area contributed by atoms with Crippen molar-refractivity contribution in [3.63, 3.8) is 0 Å². The Hall–Kier alpha value is -1.18. The lowest BCUT2D eigenvalue weighted by atomic mass is 10.0. The van der Waals surface area contributed by atoms with Gasteiger partial charge in [0.25, 0.3) is 0 Å². The highest BCUT2D eigenvalue weighted by atomic mass is 19.1. The van der Waals surface area contributed by atoms with Gasteiger partial charge in [-0.3, -0.25) is 4.79 Å². The van der Waals surface area contributed by atoms with Crippen molar-refractivity contribution in [1.82, 2.24) is 0 Å². The van der Waals surface area contributed by atoms with Crippen LogP contribution in [0.3, 0.4) is 0 Å². The maximum Gasteiger partial charge on any atom is 0.162 e. The van der Waals surface area contributed by atoms with Crippen LogP contribution in [0.4, 0.5) is 4.39 Å². The molecule has 18 heavy (non-hydrogen) atoms. The number of unbranched alkanes of at least 4 members (excludes halogenated alkanes) is 6. The van der Waals surface area contributed by atoms with E-state index in [1.807, 2.05) is 0 Å². The molecule has 0 saturated heterocycles. The van der Waals surface area contributed by atoms with Crippen molar-refractivity contribution in [2.24, 2.45) is 0 Å². The Morgan fingerprint density at radius 3 is 2.39 bits per heavy atom. The van der Waals surface area contributed by atoms with Gasteiger partial charge in [0.15, 0.2) is 5.78 Å². The van der Waals surface area contributed by atoms with Crippen LogP contribution in [0.5, 0.6) is 0 Å². The first-order chi connectivity index (χ1) is 8.74. The van der Waals surface area contributed by atoms with Gasteiger partial charge in [0, 0.05) is 12.0 Å². The fourth-order valence-electron chi connectivity index (χ4n) is 2.05. The molecule has 1 rings (SSSR count). The molecule has 0 radical (unpaired) electrons. The van der Waals surface area contributed by atoms with Crippen LogP contribution in [0.2, 0.25) is 0 Å². The first kappa shape index (κ1) is 14.9. The van der Waals surface area contributed by atoms with Crippen molar-refractivity contribution in [2.45, 2.75) is 58.3 Å². The predicted molar refractivity (Wildman–Crippen MR) is 73.3 cm³/mol. The molecule has 2 heteroatoms. The van der Waals surface area contributed by atoms with Gasteiger partial charge in [-0.1, -0.05) is 57.6 Å². The minimum atomic E-state index is -0.333. The minimum absolute atomic E-state index is 0.0584. The van der Waals surface area contributed by atoms with Crippen LogP contribution in [0.1, 0.15) is 68.6 Å². The second kappa shape index (κ2) is 8.84. The number of halogens is 1. The second-order valence-electron chi connectivity index (χ2n) is 4.80. The van der Waals surface area contributed by atoms with Crippen LogP contribution >= 0.6 is 0 Å². The minimum Gasteiger partial charge on any atom is -0.294 e. The smallest absolute Gasteiger partial charge is 0.162 e. The Labute approximate surface area is 109 Å². The molecule has 0 fully saturated rings. The van der Waals surface area contributed by atoms with Gasteiger partial charge in [-0.25, -0.2) is 4.39 Å². The van der Waals surface area contributed by atoms with E-state index in [1.54, 1.807) is 12.1 Å². The summed E-state index contributed by atoms with van der Waals surface area (Å²) in [5.41, 5.74) is 0.501. The summed E-state index contributed by atoms with van der Waals surface area (Å²) in [5.74, 6) is -0.275. The van der Waals surface area contributed by atoms with Crippen molar-refractivity contribution < 1.29 is 9.18 Å². The Kier molecular flexibility index (Phi) is 7.31. The van der Waals surface area contributed by atoms with E-state index in [0.29, 0.717) is 12.0 Å². The number of benzene rings is 1. The molecule has 0 unspecified atom stereocenters. The van der Waals surface area contributed by atoms with Crippen molar-refractivity contribution in [2.75, 3.05) is 0 Å². The molecule has 0 aromatic heterocycles. The molecule has 0 heterocycles. The van der Waals surface area contributed by atoms with Crippen LogP contribution in [0, 0.1) is 5.82 Å². The number of rotatable bonds is 9. The number of ketones is 1. The molecule has 1 nitrogen and oxygen atoms in total. The van der Waals surface area contributed by atoms with Gasteiger partial charge in [-0.2, -0.15) is 0 Å². The summed E-state index contributed by atoms with van der Waals surface area (Å²) in [6.07, 6.45) is 8.90. The van der Waals surface area contributed by atoms with E-state index in [9.17, 15) is 9.18 Å². The topological polar surface area (TPSA) is 17.1 Å². The van der Waals surface area contributed by atoms with Gasteiger partial charge in [-0.05, 0) is 18.6 Å². The standard InChI is InChI=1S/C16H23FO/c1-2-3-4-5-6-7-8-12-16(18)14-10-9-11-15(17)13-14/h9-11,13H,2-8,12H2,1H3. The summed E-state index contributed by atoms with van der Waals surface area (Å²) < 4.78 is 12.9. The molecule has 100 valence electrons. The maximum absolute atomic E-state index is 12.9. The van der Waals surface area contributed by atoms with E-state index in [2.05, 4.69) is 6.92 Å². The van der Waals surface area contributed by atoms with Crippen LogP contribution in [-0.2, 0) is 0 Å². The normalized spacial score (nSPS) is 10.6. The summed E-state index contributed by atoms with van der Waals surface area (Å²) in [6, 6.07) is 5.97. The van der Waals surface area contributed by atoms with E-state index < -0.39 is 0 Å². The van der Waals surface area contributed by atoms with Gasteiger partial charge >= 0.3 is 0 Å². The molecule has 0 spiro atoms. The van der Waals surface area contributed by atoms with Crippen molar-refractivity contribution >= 4 is 5.78 Å². The molecular formula is C16H23FO. The Bertz CT molecular complexity index is 360. The summed E-state index contributed by atoms with van der Waals surface area (Å²) in [4.78, 5) is 11.8. The lowest BCUT2D eigenvalue weighted by molar-refractivity contribution is 0.0978. The lowest BCUT2D eigenvalue weighted by Crippen LogP contribution is -1.99. The zero-order valence-electron chi connectivity index (χ0n) is 11.3. The number of hydrogen-bond donors (Lipinski definition) is 0. The summed E-state index contributed by atoms with van der Waals surface area (Å²) in [6.45, 7) is 2.21. The van der Waals surface area contributed by atoms with Crippen molar-refractivity contribution in [1.29, 1.82) is 0 Å². The Morgan fingerprint density at radius 1 is 1.06 bits per heavy atom. The van der Waals surface area contributed by atoms with Gasteiger partial charge in [-0.15, -0.1) is 0 Å². The second-order valence-corrected chi connectivity index (χ2v) is 4.80. The average molecular weight is 250 g/mol. The highest BCUT2D eigenvalue weighted by Crippen LogP contribution is 2.12. The zero-order valence-corrected chi connectivity index (χ0v) is 11.3. The molecule has 0 bridgehead atoms. The highest BCUT2D eigenvalue weighted by molar-refractivity contribution is 5.95. The quantitative estimate of drug-likeness (QED) is 0.437. The lowest BCUT2D eigenvalue weighted by Gasteiger charge is -2.02. The molecule has 0 aliphatic carbocycles. The maximum atomic E-state index is 12.9. The van der Waals surface area contributed by atoms with Crippen LogP contribution < -0.4 is 0 Å².